The number of sulfone groups is 1. The lowest BCUT2D eigenvalue weighted by Crippen LogP contribution is -2.36. The van der Waals surface area contributed by atoms with Crippen molar-refractivity contribution in [3.63, 3.8) is 0 Å². The van der Waals surface area contributed by atoms with Crippen molar-refractivity contribution in [2.24, 2.45) is 5.92 Å². The molecule has 2 aromatic rings. The van der Waals surface area contributed by atoms with Crippen molar-refractivity contribution >= 4 is 27.2 Å². The Balaban J connectivity index is 1.52. The summed E-state index contributed by atoms with van der Waals surface area (Å²) in [6.45, 7) is 0. The number of hydrogen-bond acceptors (Lipinski definition) is 3. The Morgan fingerprint density at radius 3 is 2.29 bits per heavy atom. The molecule has 0 aromatic heterocycles. The molecule has 0 N–H and O–H groups in total. The summed E-state index contributed by atoms with van der Waals surface area (Å²) in [5.74, 6) is -0.132. The second-order valence-corrected chi connectivity index (χ2v) is 9.66. The van der Waals surface area contributed by atoms with Crippen LogP contribution in [-0.2, 0) is 16.0 Å². The van der Waals surface area contributed by atoms with Crippen LogP contribution < -0.4 is 0 Å². The lowest BCUT2D eigenvalue weighted by Gasteiger charge is -2.34. The summed E-state index contributed by atoms with van der Waals surface area (Å²) < 4.78 is 62.8. The number of halogens is 4. The molecule has 0 radical (unpaired) electrons. The molecule has 0 saturated heterocycles. The van der Waals surface area contributed by atoms with E-state index in [4.69, 9.17) is 11.6 Å². The van der Waals surface area contributed by atoms with Crippen molar-refractivity contribution in [1.82, 2.24) is 0 Å². The van der Waals surface area contributed by atoms with E-state index < -0.39 is 26.8 Å². The van der Waals surface area contributed by atoms with Crippen molar-refractivity contribution in [3.05, 3.63) is 64.7 Å². The molecule has 1 saturated carbocycles. The maximum absolute atomic E-state index is 12.6. The van der Waals surface area contributed by atoms with E-state index in [0.717, 1.165) is 12.1 Å². The van der Waals surface area contributed by atoms with Gasteiger partial charge in [-0.2, -0.15) is 13.2 Å². The molecule has 0 unspecified atom stereocenters. The largest absolute Gasteiger partial charge is 0.416 e. The number of carbonyl (C=O) groups is 1. The van der Waals surface area contributed by atoms with Crippen LogP contribution in [0.2, 0.25) is 5.02 Å². The number of alkyl halides is 3. The first-order chi connectivity index (χ1) is 13.1. The second-order valence-electron chi connectivity index (χ2n) is 7.00. The van der Waals surface area contributed by atoms with Crippen LogP contribution in [0.15, 0.2) is 53.4 Å². The molecule has 1 aliphatic rings. The quantitative estimate of drug-likeness (QED) is 0.562. The molecule has 1 aliphatic carbocycles. The summed E-state index contributed by atoms with van der Waals surface area (Å²) >= 11 is 5.86. The van der Waals surface area contributed by atoms with E-state index in [1.54, 1.807) is 12.1 Å². The number of rotatable bonds is 6. The molecular weight excluding hydrogens is 413 g/mol. The van der Waals surface area contributed by atoms with Gasteiger partial charge in [0.15, 0.2) is 15.6 Å². The van der Waals surface area contributed by atoms with Crippen LogP contribution >= 0.6 is 11.6 Å². The van der Waals surface area contributed by atoms with Gasteiger partial charge in [0.1, 0.15) is 0 Å². The van der Waals surface area contributed by atoms with Crippen molar-refractivity contribution in [2.45, 2.75) is 42.0 Å². The Morgan fingerprint density at radius 1 is 1.07 bits per heavy atom. The van der Waals surface area contributed by atoms with Crippen LogP contribution in [0.5, 0.6) is 0 Å². The fourth-order valence-corrected chi connectivity index (χ4v) is 5.58. The number of benzene rings is 2. The molecule has 3 rings (SSSR count). The Kier molecular flexibility index (Phi) is 5.87. The van der Waals surface area contributed by atoms with Gasteiger partial charge in [-0.1, -0.05) is 29.8 Å². The molecule has 28 heavy (non-hydrogen) atoms. The van der Waals surface area contributed by atoms with E-state index >= 15 is 0 Å². The normalized spacial score (nSPS) is 19.9. The number of Topliss-reactive ketones (excluding diaryl/α,β-unsaturated/α-hetero) is 1. The molecule has 1 fully saturated rings. The van der Waals surface area contributed by atoms with Gasteiger partial charge in [0.05, 0.1) is 15.7 Å². The predicted molar refractivity (Wildman–Crippen MR) is 100 cm³/mol. The first-order valence-corrected chi connectivity index (χ1v) is 10.7. The highest BCUT2D eigenvalue weighted by atomic mass is 35.5. The van der Waals surface area contributed by atoms with Crippen LogP contribution in [0.1, 0.15) is 41.6 Å². The molecule has 0 amide bonds. The minimum absolute atomic E-state index is 0.109. The summed E-state index contributed by atoms with van der Waals surface area (Å²) in [6.07, 6.45) is -2.80. The van der Waals surface area contributed by atoms with E-state index in [-0.39, 0.29) is 28.6 Å². The van der Waals surface area contributed by atoms with Gasteiger partial charge >= 0.3 is 6.18 Å². The van der Waals surface area contributed by atoms with E-state index in [1.807, 2.05) is 0 Å². The predicted octanol–water partition coefficient (Wildman–Crippen LogP) is 5.57. The van der Waals surface area contributed by atoms with Crippen LogP contribution in [0.4, 0.5) is 13.2 Å². The van der Waals surface area contributed by atoms with Crippen LogP contribution in [-0.4, -0.2) is 19.5 Å². The van der Waals surface area contributed by atoms with Crippen molar-refractivity contribution in [3.8, 4) is 0 Å². The Hall–Kier alpha value is -1.86. The summed E-state index contributed by atoms with van der Waals surface area (Å²) in [7, 11) is -3.44. The van der Waals surface area contributed by atoms with Gasteiger partial charge < -0.3 is 0 Å². The third-order valence-electron chi connectivity index (χ3n) is 5.07. The summed E-state index contributed by atoms with van der Waals surface area (Å²) in [5, 5.41) is -0.128. The highest BCUT2D eigenvalue weighted by molar-refractivity contribution is 7.92. The van der Waals surface area contributed by atoms with E-state index in [0.29, 0.717) is 24.3 Å². The topological polar surface area (TPSA) is 51.2 Å². The van der Waals surface area contributed by atoms with Crippen LogP contribution in [0.3, 0.4) is 0 Å². The maximum atomic E-state index is 12.6. The zero-order valence-corrected chi connectivity index (χ0v) is 16.3. The zero-order chi connectivity index (χ0) is 20.5. The summed E-state index contributed by atoms with van der Waals surface area (Å²) in [6, 6.07) is 10.3. The standard InChI is InChI=1S/C20H18ClF3O3S/c21-16-2-1-3-17(12-16)28(26,27)18-10-13(11-18)4-9-19(25)14-5-7-15(8-6-14)20(22,23)24/h1-3,5-8,12-13,18H,4,9-11H2. The minimum Gasteiger partial charge on any atom is -0.294 e. The lowest BCUT2D eigenvalue weighted by molar-refractivity contribution is -0.137. The van der Waals surface area contributed by atoms with E-state index in [9.17, 15) is 26.4 Å². The van der Waals surface area contributed by atoms with Gasteiger partial charge in [0.2, 0.25) is 0 Å². The highest BCUT2D eigenvalue weighted by Gasteiger charge is 2.39. The lowest BCUT2D eigenvalue weighted by atomic mass is 9.80. The second kappa shape index (κ2) is 7.87. The van der Waals surface area contributed by atoms with Crippen molar-refractivity contribution in [2.75, 3.05) is 0 Å². The van der Waals surface area contributed by atoms with Gasteiger partial charge in [-0.05, 0) is 55.5 Å². The molecule has 150 valence electrons. The molecule has 0 aliphatic heterocycles. The minimum atomic E-state index is -4.43. The molecule has 8 heteroatoms. The zero-order valence-electron chi connectivity index (χ0n) is 14.7. The molecule has 0 heterocycles. The van der Waals surface area contributed by atoms with Gasteiger partial charge in [0.25, 0.3) is 0 Å². The Morgan fingerprint density at radius 2 is 1.71 bits per heavy atom. The molecule has 0 atom stereocenters. The fourth-order valence-electron chi connectivity index (χ4n) is 3.32. The summed E-state index contributed by atoms with van der Waals surface area (Å²) in [5.41, 5.74) is -0.562. The first-order valence-electron chi connectivity index (χ1n) is 8.77. The van der Waals surface area contributed by atoms with Crippen LogP contribution in [0.25, 0.3) is 0 Å². The first kappa shape index (κ1) is 20.9. The average Bonchev–Trinajstić information content (AvgIpc) is 2.59. The molecule has 0 bridgehead atoms. The fraction of sp³-hybridized carbons (Fsp3) is 0.350. The molecule has 0 spiro atoms. The third-order valence-corrected chi connectivity index (χ3v) is 7.48. The number of ketones is 1. The average molecular weight is 431 g/mol. The number of hydrogen-bond donors (Lipinski definition) is 0. The van der Waals surface area contributed by atoms with Crippen molar-refractivity contribution in [1.29, 1.82) is 0 Å². The van der Waals surface area contributed by atoms with Gasteiger partial charge in [-0.3, -0.25) is 4.79 Å². The maximum Gasteiger partial charge on any atom is 0.416 e. The number of carbonyl (C=O) groups excluding carboxylic acids is 1. The Labute approximate surface area is 166 Å². The highest BCUT2D eigenvalue weighted by Crippen LogP contribution is 2.39. The van der Waals surface area contributed by atoms with Crippen molar-refractivity contribution < 1.29 is 26.4 Å². The third kappa shape index (κ3) is 4.58. The van der Waals surface area contributed by atoms with E-state index in [2.05, 4.69) is 0 Å². The molecule has 3 nitrogen and oxygen atoms in total. The van der Waals surface area contributed by atoms with Gasteiger partial charge in [0, 0.05) is 17.0 Å². The smallest absolute Gasteiger partial charge is 0.294 e. The van der Waals surface area contributed by atoms with Gasteiger partial charge in [-0.15, -0.1) is 0 Å². The van der Waals surface area contributed by atoms with E-state index in [1.165, 1.54) is 24.3 Å². The summed E-state index contributed by atoms with van der Waals surface area (Å²) in [4.78, 5) is 12.4. The Bertz CT molecular complexity index is 963. The molecule has 2 aromatic carbocycles. The SMILES string of the molecule is O=C(CCC1CC(S(=O)(=O)c2cccc(Cl)c2)C1)c1ccc(C(F)(F)F)cc1. The monoisotopic (exact) mass is 430 g/mol. The van der Waals surface area contributed by atoms with Gasteiger partial charge in [-0.25, -0.2) is 8.42 Å². The van der Waals surface area contributed by atoms with Crippen LogP contribution in [0, 0.1) is 5.92 Å². The molecular formula is C20H18ClF3O3S.